The Balaban J connectivity index is 2.47. The van der Waals surface area contributed by atoms with Crippen molar-refractivity contribution in [3.8, 4) is 0 Å². The largest absolute Gasteiger partial charge is 0.389 e. The number of hydrogen-bond acceptors (Lipinski definition) is 5. The van der Waals surface area contributed by atoms with Gasteiger partial charge < -0.3 is 20.4 Å². The van der Waals surface area contributed by atoms with Crippen LogP contribution in [-0.4, -0.2) is 63.5 Å². The maximum absolute atomic E-state index is 9.09. The van der Waals surface area contributed by atoms with Gasteiger partial charge in [0.25, 0.3) is 0 Å². The monoisotopic (exact) mass is 163 g/mol. The van der Waals surface area contributed by atoms with Crippen molar-refractivity contribution in [2.24, 2.45) is 0 Å². The number of piperidine rings is 1. The minimum absolute atomic E-state index is 0.203. The van der Waals surface area contributed by atoms with Crippen molar-refractivity contribution >= 4 is 0 Å². The Morgan fingerprint density at radius 1 is 1.09 bits per heavy atom. The molecule has 5 nitrogen and oxygen atoms in total. The lowest BCUT2D eigenvalue weighted by atomic mass is 10.0. The van der Waals surface area contributed by atoms with Crippen LogP contribution in [0.5, 0.6) is 0 Å². The lowest BCUT2D eigenvalue weighted by Gasteiger charge is -2.35. The molecule has 4 N–H and O–H groups in total. The summed E-state index contributed by atoms with van der Waals surface area (Å²) < 4.78 is 0. The molecule has 0 spiro atoms. The van der Waals surface area contributed by atoms with Crippen molar-refractivity contribution in [3.63, 3.8) is 0 Å². The Morgan fingerprint density at radius 3 is 1.91 bits per heavy atom. The number of β-amino-alcohol motifs (C(OH)–C–C–N with tert-alkyl or cyclic N) is 2. The zero-order valence-electron chi connectivity index (χ0n) is 6.09. The third kappa shape index (κ3) is 1.88. The molecule has 0 amide bonds. The van der Waals surface area contributed by atoms with Crippen LogP contribution in [0.2, 0.25) is 0 Å². The van der Waals surface area contributed by atoms with Gasteiger partial charge in [0.2, 0.25) is 0 Å². The molecule has 1 aliphatic heterocycles. The SMILES string of the molecule is OCN1CC(O)C(O)C(O)C1. The molecule has 11 heavy (non-hydrogen) atoms. The van der Waals surface area contributed by atoms with Crippen LogP contribution in [0.3, 0.4) is 0 Å². The maximum Gasteiger partial charge on any atom is 0.108 e. The van der Waals surface area contributed by atoms with E-state index in [2.05, 4.69) is 0 Å². The molecule has 0 aromatic heterocycles. The van der Waals surface area contributed by atoms with Crippen LogP contribution in [0.15, 0.2) is 0 Å². The first-order chi connectivity index (χ1) is 5.15. The fourth-order valence-corrected chi connectivity index (χ4v) is 1.19. The average molecular weight is 163 g/mol. The van der Waals surface area contributed by atoms with Gasteiger partial charge in [0.05, 0.1) is 18.9 Å². The molecule has 1 rings (SSSR count). The van der Waals surface area contributed by atoms with Crippen molar-refractivity contribution in [1.29, 1.82) is 0 Å². The van der Waals surface area contributed by atoms with Crippen molar-refractivity contribution < 1.29 is 20.4 Å². The van der Waals surface area contributed by atoms with E-state index in [4.69, 9.17) is 20.4 Å². The van der Waals surface area contributed by atoms with E-state index in [0.717, 1.165) is 0 Å². The lowest BCUT2D eigenvalue weighted by molar-refractivity contribution is -0.122. The number of aliphatic hydroxyl groups is 4. The van der Waals surface area contributed by atoms with Crippen LogP contribution in [0.25, 0.3) is 0 Å². The second-order valence-corrected chi connectivity index (χ2v) is 2.80. The highest BCUT2D eigenvalue weighted by Crippen LogP contribution is 2.10. The van der Waals surface area contributed by atoms with Gasteiger partial charge in [-0.1, -0.05) is 0 Å². The summed E-state index contributed by atoms with van der Waals surface area (Å²) in [6.07, 6.45) is -3.02. The number of rotatable bonds is 1. The molecular formula is C6H13NO4. The first-order valence-corrected chi connectivity index (χ1v) is 3.52. The molecule has 0 bridgehead atoms. The summed E-state index contributed by atoms with van der Waals surface area (Å²) in [5.74, 6) is 0. The van der Waals surface area contributed by atoms with E-state index in [9.17, 15) is 0 Å². The van der Waals surface area contributed by atoms with Gasteiger partial charge in [-0.15, -0.1) is 0 Å². The van der Waals surface area contributed by atoms with Crippen molar-refractivity contribution in [3.05, 3.63) is 0 Å². The molecule has 1 aliphatic rings. The minimum atomic E-state index is -1.09. The van der Waals surface area contributed by atoms with Crippen LogP contribution in [0.1, 0.15) is 0 Å². The Kier molecular flexibility index (Phi) is 2.80. The van der Waals surface area contributed by atoms with Crippen LogP contribution in [0.4, 0.5) is 0 Å². The van der Waals surface area contributed by atoms with Gasteiger partial charge in [-0.3, -0.25) is 4.90 Å². The standard InChI is InChI=1S/C6H13NO4/c8-3-7-1-4(9)6(11)5(10)2-7/h4-6,8-11H,1-3H2. The zero-order chi connectivity index (χ0) is 8.43. The molecule has 2 atom stereocenters. The predicted octanol–water partition coefficient (Wildman–Crippen LogP) is -2.67. The van der Waals surface area contributed by atoms with E-state index >= 15 is 0 Å². The van der Waals surface area contributed by atoms with Gasteiger partial charge in [0.1, 0.15) is 6.10 Å². The molecule has 0 aromatic carbocycles. The summed E-state index contributed by atoms with van der Waals surface area (Å²) in [5, 5.41) is 35.9. The lowest BCUT2D eigenvalue weighted by Crippen LogP contribution is -2.55. The van der Waals surface area contributed by atoms with Crippen LogP contribution < -0.4 is 0 Å². The molecule has 0 radical (unpaired) electrons. The van der Waals surface area contributed by atoms with Gasteiger partial charge in [-0.25, -0.2) is 0 Å². The highest BCUT2D eigenvalue weighted by atomic mass is 16.4. The van der Waals surface area contributed by atoms with Crippen molar-refractivity contribution in [1.82, 2.24) is 4.90 Å². The molecule has 1 fully saturated rings. The summed E-state index contributed by atoms with van der Waals surface area (Å²) in [6, 6.07) is 0. The van der Waals surface area contributed by atoms with E-state index in [1.807, 2.05) is 0 Å². The number of aliphatic hydroxyl groups excluding tert-OH is 4. The fraction of sp³-hybridized carbons (Fsp3) is 1.00. The minimum Gasteiger partial charge on any atom is -0.389 e. The third-order valence-electron chi connectivity index (χ3n) is 1.88. The molecular weight excluding hydrogens is 150 g/mol. The van der Waals surface area contributed by atoms with Gasteiger partial charge in [-0.2, -0.15) is 0 Å². The van der Waals surface area contributed by atoms with Gasteiger partial charge >= 0.3 is 0 Å². The molecule has 0 saturated carbocycles. The van der Waals surface area contributed by atoms with Gasteiger partial charge in [0.15, 0.2) is 0 Å². The summed E-state index contributed by atoms with van der Waals surface area (Å²) in [4.78, 5) is 1.46. The second-order valence-electron chi connectivity index (χ2n) is 2.80. The van der Waals surface area contributed by atoms with Gasteiger partial charge in [0, 0.05) is 13.1 Å². The fourth-order valence-electron chi connectivity index (χ4n) is 1.19. The molecule has 2 unspecified atom stereocenters. The summed E-state index contributed by atoms with van der Waals surface area (Å²) in [7, 11) is 0. The highest BCUT2D eigenvalue weighted by molar-refractivity contribution is 4.85. The Bertz CT molecular complexity index is 120. The topological polar surface area (TPSA) is 84.2 Å². The van der Waals surface area contributed by atoms with Crippen molar-refractivity contribution in [2.45, 2.75) is 18.3 Å². The number of nitrogens with zero attached hydrogens (tertiary/aromatic N) is 1. The van der Waals surface area contributed by atoms with Crippen LogP contribution in [-0.2, 0) is 0 Å². The number of likely N-dealkylation sites (tertiary alicyclic amines) is 1. The average Bonchev–Trinajstić information content (AvgIpc) is 1.99. The van der Waals surface area contributed by atoms with E-state index in [1.165, 1.54) is 4.90 Å². The van der Waals surface area contributed by atoms with Crippen molar-refractivity contribution in [2.75, 3.05) is 19.8 Å². The normalized spacial score (nSPS) is 40.9. The first kappa shape index (κ1) is 8.89. The van der Waals surface area contributed by atoms with Gasteiger partial charge in [-0.05, 0) is 0 Å². The summed E-state index contributed by atoms with van der Waals surface area (Å²) >= 11 is 0. The first-order valence-electron chi connectivity index (χ1n) is 3.52. The predicted molar refractivity (Wildman–Crippen MR) is 36.7 cm³/mol. The second kappa shape index (κ2) is 3.46. The Hall–Kier alpha value is -0.200. The van der Waals surface area contributed by atoms with Crippen LogP contribution in [0, 0.1) is 0 Å². The maximum atomic E-state index is 9.09. The van der Waals surface area contributed by atoms with E-state index in [1.54, 1.807) is 0 Å². The molecule has 0 aliphatic carbocycles. The zero-order valence-corrected chi connectivity index (χ0v) is 6.09. The molecule has 66 valence electrons. The van der Waals surface area contributed by atoms with E-state index < -0.39 is 18.3 Å². The summed E-state index contributed by atoms with van der Waals surface area (Å²) in [5.41, 5.74) is 0. The number of hydrogen-bond donors (Lipinski definition) is 4. The van der Waals surface area contributed by atoms with Crippen LogP contribution >= 0.6 is 0 Å². The van der Waals surface area contributed by atoms with E-state index in [-0.39, 0.29) is 19.8 Å². The Morgan fingerprint density at radius 2 is 1.55 bits per heavy atom. The quantitative estimate of drug-likeness (QED) is 0.339. The summed E-state index contributed by atoms with van der Waals surface area (Å²) in [6.45, 7) is 0.199. The molecule has 1 saturated heterocycles. The third-order valence-corrected chi connectivity index (χ3v) is 1.88. The molecule has 0 aromatic rings. The molecule has 1 heterocycles. The Labute approximate surface area is 64.5 Å². The smallest absolute Gasteiger partial charge is 0.108 e. The van der Waals surface area contributed by atoms with E-state index in [0.29, 0.717) is 0 Å². The molecule has 5 heteroatoms. The highest BCUT2D eigenvalue weighted by Gasteiger charge is 2.32.